The number of ether oxygens (including phenoxy) is 1. The molecule has 0 aliphatic heterocycles. The molecule has 2 unspecified atom stereocenters. The number of hydrogen-bond donors (Lipinski definition) is 1. The Hall–Kier alpha value is -4.79. The molecule has 0 spiro atoms. The van der Waals surface area contributed by atoms with Crippen molar-refractivity contribution in [1.82, 2.24) is 20.1 Å². The fourth-order valence-corrected chi connectivity index (χ4v) is 5.14. The Morgan fingerprint density at radius 2 is 1.77 bits per heavy atom. The lowest BCUT2D eigenvalue weighted by molar-refractivity contribution is -0.274. The van der Waals surface area contributed by atoms with Crippen molar-refractivity contribution in [3.63, 3.8) is 0 Å². The number of amidine groups is 1. The van der Waals surface area contributed by atoms with E-state index >= 15 is 4.39 Å². The number of nitrogens with one attached hydrogen (secondary N) is 1. The number of carbonyl (C=O) groups excluding carboxylic acids is 2. The van der Waals surface area contributed by atoms with Crippen LogP contribution in [0, 0.1) is 6.92 Å². The molecule has 9 nitrogen and oxygen atoms in total. The Balaban J connectivity index is 1.44. The van der Waals surface area contributed by atoms with E-state index in [0.29, 0.717) is 29.1 Å². The van der Waals surface area contributed by atoms with Crippen molar-refractivity contribution in [2.75, 3.05) is 10.7 Å². The molecular weight excluding hydrogens is 643 g/mol. The molecule has 0 saturated carbocycles. The molecule has 0 bridgehead atoms. The van der Waals surface area contributed by atoms with Gasteiger partial charge in [0.15, 0.2) is 17.2 Å². The van der Waals surface area contributed by atoms with Gasteiger partial charge in [-0.2, -0.15) is 4.99 Å². The summed E-state index contributed by atoms with van der Waals surface area (Å²) >= 11 is 1.10. The highest BCUT2D eigenvalue weighted by molar-refractivity contribution is 8.14. The van der Waals surface area contributed by atoms with Crippen LogP contribution in [0.25, 0.3) is 17.1 Å². The van der Waals surface area contributed by atoms with Crippen molar-refractivity contribution >= 4 is 35.1 Å². The quantitative estimate of drug-likeness (QED) is 0.0601. The number of amides is 3. The van der Waals surface area contributed by atoms with Crippen LogP contribution < -0.4 is 15.0 Å². The Morgan fingerprint density at radius 3 is 2.36 bits per heavy atom. The van der Waals surface area contributed by atoms with Crippen LogP contribution in [0.2, 0.25) is 0 Å². The number of nitrogens with zero attached hydrogens (tertiary/aromatic N) is 5. The van der Waals surface area contributed by atoms with Crippen LogP contribution in [0.3, 0.4) is 0 Å². The zero-order valence-corrected chi connectivity index (χ0v) is 26.5. The standard InChI is InChI=1S/C32H31F5N6O3S/c1-5-47-31(42(18-44)26-16-20(4)6-15-25(26)19(2)3)40-30(45)39-28(34)27(33)21-7-9-22(10-8-21)29-38-17-43(41-29)23-11-13-24(14-12-23)46-32(35,36)37/h6-19,27-28H,5H2,1-4H3,(H,39,45)/b40-31-. The van der Waals surface area contributed by atoms with Gasteiger partial charge in [0, 0.05) is 5.56 Å². The first-order chi connectivity index (χ1) is 22.3. The van der Waals surface area contributed by atoms with E-state index in [1.54, 1.807) is 13.0 Å². The van der Waals surface area contributed by atoms with E-state index in [1.165, 1.54) is 52.3 Å². The average molecular weight is 675 g/mol. The SMILES string of the molecule is CCS/C(=N\C(=O)NC(F)C(F)c1ccc(-c2ncn(-c3ccc(OC(F)(F)F)cc3)n2)cc1)N(C=O)c1cc(C)ccc1C(C)C. The molecule has 15 heteroatoms. The Labute approximate surface area is 271 Å². The third-order valence-electron chi connectivity index (χ3n) is 6.68. The third-order valence-corrected chi connectivity index (χ3v) is 7.52. The molecule has 248 valence electrons. The number of aromatic nitrogens is 3. The summed E-state index contributed by atoms with van der Waals surface area (Å²) < 4.78 is 72.5. The van der Waals surface area contributed by atoms with E-state index in [0.717, 1.165) is 35.0 Å². The molecule has 4 aromatic rings. The molecule has 1 N–H and O–H groups in total. The number of benzene rings is 3. The van der Waals surface area contributed by atoms with Crippen LogP contribution in [0.1, 0.15) is 49.6 Å². The predicted molar refractivity (Wildman–Crippen MR) is 170 cm³/mol. The smallest absolute Gasteiger partial charge is 0.406 e. The lowest BCUT2D eigenvalue weighted by Gasteiger charge is -2.24. The highest BCUT2D eigenvalue weighted by Crippen LogP contribution is 2.31. The van der Waals surface area contributed by atoms with Gasteiger partial charge in [-0.25, -0.2) is 23.2 Å². The minimum Gasteiger partial charge on any atom is -0.406 e. The van der Waals surface area contributed by atoms with Gasteiger partial charge in [0.05, 0.1) is 11.4 Å². The van der Waals surface area contributed by atoms with Crippen molar-refractivity contribution in [2.24, 2.45) is 4.99 Å². The van der Waals surface area contributed by atoms with Crippen LogP contribution in [0.5, 0.6) is 5.75 Å². The number of alkyl halides is 5. The predicted octanol–water partition coefficient (Wildman–Crippen LogP) is 8.05. The minimum atomic E-state index is -4.81. The number of aryl methyl sites for hydroxylation is 1. The zero-order chi connectivity index (χ0) is 34.3. The van der Waals surface area contributed by atoms with Gasteiger partial charge in [0.1, 0.15) is 12.1 Å². The summed E-state index contributed by atoms with van der Waals surface area (Å²) in [6, 6.07) is 15.0. The second kappa shape index (κ2) is 15.2. The van der Waals surface area contributed by atoms with Gasteiger partial charge in [-0.3, -0.25) is 9.69 Å². The van der Waals surface area contributed by atoms with Gasteiger partial charge in [0.25, 0.3) is 0 Å². The molecule has 2 atom stereocenters. The maximum absolute atomic E-state index is 15.1. The number of rotatable bonds is 10. The molecule has 1 aromatic heterocycles. The molecule has 0 aliphatic rings. The number of halogens is 5. The maximum atomic E-state index is 15.1. The Bertz CT molecular complexity index is 1710. The summed E-state index contributed by atoms with van der Waals surface area (Å²) in [5.41, 5.74) is 3.05. The van der Waals surface area contributed by atoms with Crippen molar-refractivity contribution in [2.45, 2.75) is 52.4 Å². The summed E-state index contributed by atoms with van der Waals surface area (Å²) in [6.45, 7) is 7.58. The Morgan fingerprint density at radius 1 is 1.09 bits per heavy atom. The second-order valence-electron chi connectivity index (χ2n) is 10.4. The molecule has 0 radical (unpaired) electrons. The monoisotopic (exact) mass is 674 g/mol. The van der Waals surface area contributed by atoms with Gasteiger partial charge >= 0.3 is 12.4 Å². The van der Waals surface area contributed by atoms with Gasteiger partial charge in [-0.15, -0.1) is 18.3 Å². The van der Waals surface area contributed by atoms with Gasteiger partial charge in [-0.1, -0.05) is 68.9 Å². The van der Waals surface area contributed by atoms with Crippen molar-refractivity contribution < 1.29 is 36.3 Å². The Kier molecular flexibility index (Phi) is 11.3. The number of urea groups is 1. The molecule has 4 rings (SSSR count). The van der Waals surface area contributed by atoms with Crippen LogP contribution in [-0.4, -0.2) is 50.8 Å². The van der Waals surface area contributed by atoms with E-state index in [2.05, 4.69) is 19.8 Å². The summed E-state index contributed by atoms with van der Waals surface area (Å²) in [5, 5.41) is 6.20. The fourth-order valence-electron chi connectivity index (χ4n) is 4.46. The summed E-state index contributed by atoms with van der Waals surface area (Å²) in [7, 11) is 0. The number of thioether (sulfide) groups is 1. The average Bonchev–Trinajstić information content (AvgIpc) is 3.51. The number of hydrogen-bond acceptors (Lipinski definition) is 6. The third kappa shape index (κ3) is 9.15. The molecule has 3 aromatic carbocycles. The fraction of sp³-hybridized carbons (Fsp3) is 0.281. The van der Waals surface area contributed by atoms with Crippen molar-refractivity contribution in [3.8, 4) is 22.8 Å². The van der Waals surface area contributed by atoms with Gasteiger partial charge in [0.2, 0.25) is 12.7 Å². The topological polar surface area (TPSA) is 102 Å². The largest absolute Gasteiger partial charge is 0.573 e. The van der Waals surface area contributed by atoms with Crippen LogP contribution in [0.15, 0.2) is 78.0 Å². The van der Waals surface area contributed by atoms with E-state index in [-0.39, 0.29) is 22.5 Å². The van der Waals surface area contributed by atoms with Crippen LogP contribution >= 0.6 is 11.8 Å². The first-order valence-electron chi connectivity index (χ1n) is 14.3. The van der Waals surface area contributed by atoms with Crippen molar-refractivity contribution in [1.29, 1.82) is 0 Å². The normalized spacial score (nSPS) is 13.3. The second-order valence-corrected chi connectivity index (χ2v) is 11.7. The van der Waals surface area contributed by atoms with Crippen LogP contribution in [0.4, 0.5) is 32.4 Å². The lowest BCUT2D eigenvalue weighted by Crippen LogP contribution is -2.35. The van der Waals surface area contributed by atoms with E-state index < -0.39 is 30.6 Å². The molecule has 0 saturated heterocycles. The molecular formula is C32H31F5N6O3S. The number of anilines is 1. The summed E-state index contributed by atoms with van der Waals surface area (Å²) in [4.78, 5) is 34.2. The minimum absolute atomic E-state index is 0.0111. The lowest BCUT2D eigenvalue weighted by atomic mass is 9.99. The van der Waals surface area contributed by atoms with E-state index in [4.69, 9.17) is 0 Å². The molecule has 47 heavy (non-hydrogen) atoms. The highest BCUT2D eigenvalue weighted by atomic mass is 32.2. The highest BCUT2D eigenvalue weighted by Gasteiger charge is 2.31. The summed E-state index contributed by atoms with van der Waals surface area (Å²) in [6.07, 6.45) is -7.65. The summed E-state index contributed by atoms with van der Waals surface area (Å²) in [5.74, 6) is 0.333. The van der Waals surface area contributed by atoms with E-state index in [1.807, 2.05) is 38.2 Å². The molecule has 0 fully saturated rings. The molecule has 0 aliphatic carbocycles. The number of carbonyl (C=O) groups is 2. The first-order valence-corrected chi connectivity index (χ1v) is 15.3. The zero-order valence-electron chi connectivity index (χ0n) is 25.7. The molecule has 3 amide bonds. The van der Waals surface area contributed by atoms with Crippen LogP contribution in [-0.2, 0) is 4.79 Å². The van der Waals surface area contributed by atoms with E-state index in [9.17, 15) is 27.2 Å². The van der Waals surface area contributed by atoms with Gasteiger partial charge < -0.3 is 10.1 Å². The van der Waals surface area contributed by atoms with Crippen molar-refractivity contribution in [3.05, 3.63) is 89.7 Å². The maximum Gasteiger partial charge on any atom is 0.573 e. The first kappa shape index (κ1) is 35.1. The number of aliphatic imine (C=N–C) groups is 1. The van der Waals surface area contributed by atoms with Gasteiger partial charge in [-0.05, 0) is 65.6 Å². The molecule has 1 heterocycles.